The van der Waals surface area contributed by atoms with E-state index in [-0.39, 0.29) is 17.4 Å². The van der Waals surface area contributed by atoms with Crippen LogP contribution in [-0.4, -0.2) is 41.2 Å². The van der Waals surface area contributed by atoms with Crippen molar-refractivity contribution in [1.82, 2.24) is 9.80 Å². The average Bonchev–Trinajstić information content (AvgIpc) is 2.91. The summed E-state index contributed by atoms with van der Waals surface area (Å²) in [6.45, 7) is 4.23. The number of rotatable bonds is 8. The number of hydrogen-bond acceptors (Lipinski definition) is 3. The maximum absolute atomic E-state index is 14.0. The molecule has 5 nitrogen and oxygen atoms in total. The van der Waals surface area contributed by atoms with Gasteiger partial charge in [0.15, 0.2) is 0 Å². The summed E-state index contributed by atoms with van der Waals surface area (Å²) in [7, 11) is 0. The molecule has 7 heteroatoms. The number of hydrogen-bond donors (Lipinski definition) is 0. The molecule has 1 fully saturated rings. The number of carbonyl (C=O) groups is 2. The quantitative estimate of drug-likeness (QED) is 0.421. The minimum atomic E-state index is -0.869. The molecule has 0 atom stereocenters. The van der Waals surface area contributed by atoms with Gasteiger partial charge in [-0.15, -0.1) is 0 Å². The molecule has 0 radical (unpaired) electrons. The average molecular weight is 493 g/mol. The van der Waals surface area contributed by atoms with Crippen molar-refractivity contribution >= 4 is 11.8 Å². The summed E-state index contributed by atoms with van der Waals surface area (Å²) in [4.78, 5) is 29.2. The number of ether oxygens (including phenoxy) is 1. The second kappa shape index (κ2) is 11.8. The van der Waals surface area contributed by atoms with Gasteiger partial charge in [0, 0.05) is 38.2 Å². The Hall–Kier alpha value is -3.74. The molecule has 1 aliphatic heterocycles. The Kier molecular flexibility index (Phi) is 8.31. The number of likely N-dealkylation sites (tertiary alicyclic amines) is 1. The summed E-state index contributed by atoms with van der Waals surface area (Å²) in [5.74, 6) is -1.43. The van der Waals surface area contributed by atoms with Gasteiger partial charge < -0.3 is 14.5 Å². The molecule has 36 heavy (non-hydrogen) atoms. The Morgan fingerprint density at radius 1 is 0.944 bits per heavy atom. The second-order valence-electron chi connectivity index (χ2n) is 8.96. The molecular formula is C29H30F2N2O3. The number of amides is 2. The molecule has 1 aliphatic rings. The zero-order valence-electron chi connectivity index (χ0n) is 20.3. The minimum Gasteiger partial charge on any atom is -0.489 e. The largest absolute Gasteiger partial charge is 0.489 e. The molecule has 0 saturated carbocycles. The van der Waals surface area contributed by atoms with Gasteiger partial charge in [-0.3, -0.25) is 9.59 Å². The Morgan fingerprint density at radius 3 is 2.28 bits per heavy atom. The van der Waals surface area contributed by atoms with Crippen molar-refractivity contribution in [2.45, 2.75) is 32.9 Å². The van der Waals surface area contributed by atoms with Crippen molar-refractivity contribution in [3.63, 3.8) is 0 Å². The van der Waals surface area contributed by atoms with Gasteiger partial charge in [-0.2, -0.15) is 0 Å². The van der Waals surface area contributed by atoms with E-state index in [0.29, 0.717) is 51.7 Å². The number of carbonyl (C=O) groups excluding carboxylic acids is 2. The molecule has 0 aliphatic carbocycles. The van der Waals surface area contributed by atoms with Crippen LogP contribution in [0.4, 0.5) is 8.78 Å². The molecule has 0 spiro atoms. The van der Waals surface area contributed by atoms with Gasteiger partial charge in [0.05, 0.1) is 5.56 Å². The lowest BCUT2D eigenvalue weighted by atomic mass is 9.94. The van der Waals surface area contributed by atoms with Crippen LogP contribution in [0.25, 0.3) is 0 Å². The van der Waals surface area contributed by atoms with Gasteiger partial charge in [-0.25, -0.2) is 8.78 Å². The Balaban J connectivity index is 1.29. The maximum atomic E-state index is 14.0. The third-order valence-electron chi connectivity index (χ3n) is 6.53. The second-order valence-corrected chi connectivity index (χ2v) is 8.96. The number of benzene rings is 3. The SMILES string of the molecule is CCN(Cc1ccc(OCc2ccccc2)cc1)C(=O)C1CCN(C(=O)c2ccc(F)cc2F)CC1. The fourth-order valence-corrected chi connectivity index (χ4v) is 4.42. The monoisotopic (exact) mass is 492 g/mol. The molecule has 1 heterocycles. The van der Waals surface area contributed by atoms with E-state index >= 15 is 0 Å². The Bertz CT molecular complexity index is 1180. The first-order valence-electron chi connectivity index (χ1n) is 12.2. The van der Waals surface area contributed by atoms with Gasteiger partial charge in [0.2, 0.25) is 5.91 Å². The Morgan fingerprint density at radius 2 is 1.64 bits per heavy atom. The highest BCUT2D eigenvalue weighted by molar-refractivity contribution is 5.94. The van der Waals surface area contributed by atoms with E-state index in [1.165, 1.54) is 11.0 Å². The standard InChI is InChI=1S/C29H30F2N2O3/c1-2-32(19-21-8-11-25(12-9-21)36-20-22-6-4-3-5-7-22)28(34)23-14-16-33(17-15-23)29(35)26-13-10-24(30)18-27(26)31/h3-13,18,23H,2,14-17,19-20H2,1H3. The topological polar surface area (TPSA) is 49.9 Å². The molecule has 0 aromatic heterocycles. The van der Waals surface area contributed by atoms with Crippen LogP contribution in [0.5, 0.6) is 5.75 Å². The lowest BCUT2D eigenvalue weighted by molar-refractivity contribution is -0.137. The lowest BCUT2D eigenvalue weighted by Crippen LogP contribution is -2.44. The van der Waals surface area contributed by atoms with Gasteiger partial charge in [0.25, 0.3) is 5.91 Å². The van der Waals surface area contributed by atoms with Crippen molar-refractivity contribution in [3.05, 3.63) is 101 Å². The van der Waals surface area contributed by atoms with Gasteiger partial charge in [0.1, 0.15) is 24.0 Å². The minimum absolute atomic E-state index is 0.0574. The van der Waals surface area contributed by atoms with Crippen molar-refractivity contribution in [1.29, 1.82) is 0 Å². The molecule has 3 aromatic rings. The zero-order chi connectivity index (χ0) is 25.5. The lowest BCUT2D eigenvalue weighted by Gasteiger charge is -2.34. The molecule has 0 unspecified atom stereocenters. The van der Waals surface area contributed by atoms with Crippen LogP contribution in [0.3, 0.4) is 0 Å². The van der Waals surface area contributed by atoms with Crippen LogP contribution in [0, 0.1) is 17.6 Å². The summed E-state index contributed by atoms with van der Waals surface area (Å²) in [6.07, 6.45) is 1.02. The molecule has 2 amide bonds. The summed E-state index contributed by atoms with van der Waals surface area (Å²) < 4.78 is 33.0. The number of piperidine rings is 1. The fourth-order valence-electron chi connectivity index (χ4n) is 4.42. The predicted octanol–water partition coefficient (Wildman–Crippen LogP) is 5.44. The number of nitrogens with zero attached hydrogens (tertiary/aromatic N) is 2. The van der Waals surface area contributed by atoms with Crippen LogP contribution in [-0.2, 0) is 17.9 Å². The molecule has 1 saturated heterocycles. The summed E-state index contributed by atoms with van der Waals surface area (Å²) in [5, 5.41) is 0. The van der Waals surface area contributed by atoms with Gasteiger partial charge in [-0.1, -0.05) is 42.5 Å². The molecule has 3 aromatic carbocycles. The van der Waals surface area contributed by atoms with Crippen molar-refractivity contribution in [3.8, 4) is 5.75 Å². The first-order chi connectivity index (χ1) is 17.4. The van der Waals surface area contributed by atoms with E-state index < -0.39 is 17.5 Å². The summed E-state index contributed by atoms with van der Waals surface area (Å²) in [5.41, 5.74) is 1.96. The summed E-state index contributed by atoms with van der Waals surface area (Å²) in [6, 6.07) is 20.7. The fraction of sp³-hybridized carbons (Fsp3) is 0.310. The van der Waals surface area contributed by atoms with E-state index in [1.807, 2.05) is 66.4 Å². The first-order valence-corrected chi connectivity index (χ1v) is 12.2. The third kappa shape index (κ3) is 6.27. The van der Waals surface area contributed by atoms with Crippen LogP contribution in [0.2, 0.25) is 0 Å². The van der Waals surface area contributed by atoms with E-state index in [4.69, 9.17) is 4.74 Å². The molecule has 4 rings (SSSR count). The van der Waals surface area contributed by atoms with Crippen LogP contribution >= 0.6 is 0 Å². The smallest absolute Gasteiger partial charge is 0.256 e. The van der Waals surface area contributed by atoms with Crippen molar-refractivity contribution < 1.29 is 23.1 Å². The number of halogens is 2. The van der Waals surface area contributed by atoms with Gasteiger partial charge >= 0.3 is 0 Å². The predicted molar refractivity (Wildman–Crippen MR) is 133 cm³/mol. The van der Waals surface area contributed by atoms with Crippen LogP contribution in [0.15, 0.2) is 72.8 Å². The molecule has 0 bridgehead atoms. The molecule has 0 N–H and O–H groups in total. The Labute approximate surface area is 210 Å². The highest BCUT2D eigenvalue weighted by atomic mass is 19.1. The molecule has 188 valence electrons. The molecular weight excluding hydrogens is 462 g/mol. The van der Waals surface area contributed by atoms with Crippen molar-refractivity contribution in [2.75, 3.05) is 19.6 Å². The highest BCUT2D eigenvalue weighted by Gasteiger charge is 2.31. The summed E-state index contributed by atoms with van der Waals surface area (Å²) >= 11 is 0. The van der Waals surface area contributed by atoms with Crippen LogP contribution in [0.1, 0.15) is 41.3 Å². The maximum Gasteiger partial charge on any atom is 0.256 e. The van der Waals surface area contributed by atoms with Gasteiger partial charge in [-0.05, 0) is 55.2 Å². The van der Waals surface area contributed by atoms with E-state index in [9.17, 15) is 18.4 Å². The van der Waals surface area contributed by atoms with Crippen molar-refractivity contribution in [2.24, 2.45) is 5.92 Å². The normalized spacial score (nSPS) is 13.9. The zero-order valence-corrected chi connectivity index (χ0v) is 20.3. The highest BCUT2D eigenvalue weighted by Crippen LogP contribution is 2.24. The van der Waals surface area contributed by atoms with Crippen LogP contribution < -0.4 is 4.74 Å². The first kappa shape index (κ1) is 25.4. The van der Waals surface area contributed by atoms with E-state index in [1.54, 1.807) is 0 Å². The van der Waals surface area contributed by atoms with E-state index in [0.717, 1.165) is 22.9 Å². The third-order valence-corrected chi connectivity index (χ3v) is 6.53. The van der Waals surface area contributed by atoms with E-state index in [2.05, 4.69) is 0 Å².